The number of aryl methyl sites for hydroxylation is 1. The van der Waals surface area contributed by atoms with Crippen LogP contribution in [0.25, 0.3) is 11.4 Å². The van der Waals surface area contributed by atoms with Crippen LogP contribution in [-0.2, 0) is 16.6 Å². The number of rotatable bonds is 7. The van der Waals surface area contributed by atoms with Crippen molar-refractivity contribution in [2.75, 3.05) is 6.61 Å². The van der Waals surface area contributed by atoms with Gasteiger partial charge < -0.3 is 9.26 Å². The molecule has 25 heavy (non-hydrogen) atoms. The third kappa shape index (κ3) is 4.25. The van der Waals surface area contributed by atoms with Gasteiger partial charge in [0.1, 0.15) is 9.96 Å². The highest BCUT2D eigenvalue weighted by atomic mass is 32.2. The Morgan fingerprint density at radius 3 is 2.68 bits per heavy atom. The van der Waals surface area contributed by atoms with Crippen molar-refractivity contribution in [2.45, 2.75) is 24.6 Å². The van der Waals surface area contributed by atoms with Crippen molar-refractivity contribution < 1.29 is 17.7 Å². The van der Waals surface area contributed by atoms with E-state index < -0.39 is 10.0 Å². The Morgan fingerprint density at radius 2 is 2.04 bits per heavy atom. The van der Waals surface area contributed by atoms with Gasteiger partial charge in [0.05, 0.1) is 6.61 Å². The molecule has 0 saturated carbocycles. The van der Waals surface area contributed by atoms with Gasteiger partial charge in [0, 0.05) is 24.4 Å². The SMILES string of the molecule is CCOc1ccc(CNS(=O)(=O)c2cc(-c3noc(C)n3)cs2)cc1. The van der Waals surface area contributed by atoms with Gasteiger partial charge in [-0.25, -0.2) is 13.1 Å². The molecule has 0 aliphatic carbocycles. The molecule has 0 bridgehead atoms. The summed E-state index contributed by atoms with van der Waals surface area (Å²) in [6.45, 7) is 4.38. The maximum atomic E-state index is 12.4. The van der Waals surface area contributed by atoms with Gasteiger partial charge in [-0.3, -0.25) is 0 Å². The predicted molar refractivity (Wildman–Crippen MR) is 94.0 cm³/mol. The molecule has 0 radical (unpaired) electrons. The standard InChI is InChI=1S/C16H17N3O4S2/c1-3-22-14-6-4-12(5-7-14)9-17-25(20,21)15-8-13(10-24-15)16-18-11(2)23-19-16/h4-8,10,17H,3,9H2,1-2H3. The molecule has 1 aromatic carbocycles. The number of hydrogen-bond acceptors (Lipinski definition) is 7. The topological polar surface area (TPSA) is 94.3 Å². The van der Waals surface area contributed by atoms with E-state index in [1.165, 1.54) is 6.07 Å². The first kappa shape index (κ1) is 17.6. The monoisotopic (exact) mass is 379 g/mol. The van der Waals surface area contributed by atoms with Gasteiger partial charge in [0.2, 0.25) is 21.7 Å². The minimum Gasteiger partial charge on any atom is -0.494 e. The number of hydrogen-bond donors (Lipinski definition) is 1. The van der Waals surface area contributed by atoms with Crippen LogP contribution in [0.1, 0.15) is 18.4 Å². The largest absolute Gasteiger partial charge is 0.494 e. The highest BCUT2D eigenvalue weighted by molar-refractivity contribution is 7.91. The van der Waals surface area contributed by atoms with Crippen LogP contribution in [0, 0.1) is 6.92 Å². The average molecular weight is 379 g/mol. The average Bonchev–Trinajstić information content (AvgIpc) is 3.24. The molecule has 0 saturated heterocycles. The van der Waals surface area contributed by atoms with Crippen LogP contribution in [0.3, 0.4) is 0 Å². The molecule has 0 atom stereocenters. The smallest absolute Gasteiger partial charge is 0.250 e. The Labute approximate surface area is 149 Å². The molecule has 132 valence electrons. The summed E-state index contributed by atoms with van der Waals surface area (Å²) in [6.07, 6.45) is 0. The molecule has 0 unspecified atom stereocenters. The molecule has 3 aromatic rings. The zero-order valence-electron chi connectivity index (χ0n) is 13.7. The Balaban J connectivity index is 1.68. The summed E-state index contributed by atoms with van der Waals surface area (Å²) in [5.74, 6) is 1.56. The first-order chi connectivity index (χ1) is 12.0. The normalized spacial score (nSPS) is 11.6. The molecule has 2 aromatic heterocycles. The van der Waals surface area contributed by atoms with Crippen LogP contribution in [0.4, 0.5) is 0 Å². The van der Waals surface area contributed by atoms with Gasteiger partial charge in [0.15, 0.2) is 0 Å². The highest BCUT2D eigenvalue weighted by Crippen LogP contribution is 2.26. The fraction of sp³-hybridized carbons (Fsp3) is 0.250. The highest BCUT2D eigenvalue weighted by Gasteiger charge is 2.18. The van der Waals surface area contributed by atoms with E-state index in [2.05, 4.69) is 14.9 Å². The molecule has 0 fully saturated rings. The second-order valence-corrected chi connectivity index (χ2v) is 8.10. The number of thiophene rings is 1. The Morgan fingerprint density at radius 1 is 1.28 bits per heavy atom. The lowest BCUT2D eigenvalue weighted by atomic mass is 10.2. The molecular formula is C16H17N3O4S2. The number of nitrogens with one attached hydrogen (secondary N) is 1. The zero-order valence-corrected chi connectivity index (χ0v) is 15.4. The van der Waals surface area contributed by atoms with Crippen LogP contribution in [0.15, 0.2) is 44.4 Å². The third-order valence-corrected chi connectivity index (χ3v) is 6.17. The van der Waals surface area contributed by atoms with Gasteiger partial charge in [-0.1, -0.05) is 17.3 Å². The fourth-order valence-corrected chi connectivity index (χ4v) is 4.33. The van der Waals surface area contributed by atoms with Gasteiger partial charge in [0.25, 0.3) is 0 Å². The van der Waals surface area contributed by atoms with Crippen LogP contribution in [-0.4, -0.2) is 25.2 Å². The first-order valence-corrected chi connectivity index (χ1v) is 9.95. The summed E-state index contributed by atoms with van der Waals surface area (Å²) < 4.78 is 37.9. The first-order valence-electron chi connectivity index (χ1n) is 7.58. The molecule has 0 amide bonds. The van der Waals surface area contributed by atoms with E-state index in [1.54, 1.807) is 12.3 Å². The van der Waals surface area contributed by atoms with Crippen molar-refractivity contribution in [3.05, 3.63) is 47.2 Å². The predicted octanol–water partition coefficient (Wildman–Crippen LogP) is 2.98. The Hall–Kier alpha value is -2.23. The van der Waals surface area contributed by atoms with Gasteiger partial charge in [-0.15, -0.1) is 11.3 Å². The van der Waals surface area contributed by atoms with Crippen LogP contribution in [0.5, 0.6) is 5.75 Å². The molecule has 0 aliphatic heterocycles. The summed E-state index contributed by atoms with van der Waals surface area (Å²) in [6, 6.07) is 8.82. The van der Waals surface area contributed by atoms with Crippen molar-refractivity contribution in [2.24, 2.45) is 0 Å². The van der Waals surface area contributed by atoms with Gasteiger partial charge >= 0.3 is 0 Å². The molecule has 7 nitrogen and oxygen atoms in total. The number of sulfonamides is 1. The summed E-state index contributed by atoms with van der Waals surface area (Å²) >= 11 is 1.11. The Bertz CT molecular complexity index is 946. The third-order valence-electron chi connectivity index (χ3n) is 3.33. The number of ether oxygens (including phenoxy) is 1. The maximum absolute atomic E-state index is 12.4. The minimum absolute atomic E-state index is 0.198. The molecular weight excluding hydrogens is 362 g/mol. The van der Waals surface area contributed by atoms with E-state index in [0.717, 1.165) is 22.6 Å². The zero-order chi connectivity index (χ0) is 17.9. The van der Waals surface area contributed by atoms with E-state index in [-0.39, 0.29) is 10.8 Å². The molecule has 1 N–H and O–H groups in total. The molecule has 0 spiro atoms. The lowest BCUT2D eigenvalue weighted by Crippen LogP contribution is -2.22. The van der Waals surface area contributed by atoms with E-state index in [1.807, 2.05) is 31.2 Å². The second kappa shape index (κ2) is 7.34. The van der Waals surface area contributed by atoms with Crippen molar-refractivity contribution >= 4 is 21.4 Å². The summed E-state index contributed by atoms with van der Waals surface area (Å²) in [4.78, 5) is 4.10. The van der Waals surface area contributed by atoms with Crippen LogP contribution in [0.2, 0.25) is 0 Å². The maximum Gasteiger partial charge on any atom is 0.250 e. The lowest BCUT2D eigenvalue weighted by molar-refractivity contribution is 0.340. The number of nitrogens with zero attached hydrogens (tertiary/aromatic N) is 2. The van der Waals surface area contributed by atoms with Gasteiger partial charge in [-0.2, -0.15) is 4.98 Å². The van der Waals surface area contributed by atoms with Crippen molar-refractivity contribution in [3.8, 4) is 17.1 Å². The molecule has 3 rings (SSSR count). The summed E-state index contributed by atoms with van der Waals surface area (Å²) in [5.41, 5.74) is 1.46. The fourth-order valence-electron chi connectivity index (χ4n) is 2.11. The van der Waals surface area contributed by atoms with E-state index >= 15 is 0 Å². The van der Waals surface area contributed by atoms with E-state index in [4.69, 9.17) is 9.26 Å². The number of aromatic nitrogens is 2. The molecule has 2 heterocycles. The Kier molecular flexibility index (Phi) is 5.16. The van der Waals surface area contributed by atoms with Crippen molar-refractivity contribution in [3.63, 3.8) is 0 Å². The van der Waals surface area contributed by atoms with Crippen molar-refractivity contribution in [1.82, 2.24) is 14.9 Å². The quantitative estimate of drug-likeness (QED) is 0.678. The van der Waals surface area contributed by atoms with Crippen molar-refractivity contribution in [1.29, 1.82) is 0 Å². The minimum atomic E-state index is -3.61. The van der Waals surface area contributed by atoms with Gasteiger partial charge in [-0.05, 0) is 30.7 Å². The molecule has 0 aliphatic rings. The van der Waals surface area contributed by atoms with E-state index in [9.17, 15) is 8.42 Å². The number of benzene rings is 1. The second-order valence-electron chi connectivity index (χ2n) is 5.19. The summed E-state index contributed by atoms with van der Waals surface area (Å²) in [7, 11) is -3.61. The van der Waals surface area contributed by atoms with E-state index in [0.29, 0.717) is 23.9 Å². The summed E-state index contributed by atoms with van der Waals surface area (Å²) in [5, 5.41) is 5.48. The lowest BCUT2D eigenvalue weighted by Gasteiger charge is -2.06. The van der Waals surface area contributed by atoms with Crippen LogP contribution >= 0.6 is 11.3 Å². The molecule has 9 heteroatoms. The van der Waals surface area contributed by atoms with Crippen LogP contribution < -0.4 is 9.46 Å².